The molecule has 1 rings (SSSR count). The normalized spacial score (nSPS) is 13.0. The van der Waals surface area contributed by atoms with Crippen molar-refractivity contribution < 1.29 is 15.0 Å². The fraction of sp³-hybridized carbons (Fsp3) is 0.562. The van der Waals surface area contributed by atoms with Gasteiger partial charge in [0.15, 0.2) is 0 Å². The molecule has 0 heterocycles. The summed E-state index contributed by atoms with van der Waals surface area (Å²) in [5, 5.41) is 21.5. The summed E-state index contributed by atoms with van der Waals surface area (Å²) >= 11 is 0. The molecule has 0 aromatic heterocycles. The summed E-state index contributed by atoms with van der Waals surface area (Å²) in [5.74, 6) is -0.0295. The zero-order valence-electron chi connectivity index (χ0n) is 12.8. The number of carbonyl (C=O) groups is 1. The van der Waals surface area contributed by atoms with Gasteiger partial charge in [0.1, 0.15) is 5.75 Å². The monoisotopic (exact) mass is 294 g/mol. The Hall–Kier alpha value is -1.59. The Balaban J connectivity index is 2.53. The lowest BCUT2D eigenvalue weighted by atomic mass is 9.83. The van der Waals surface area contributed by atoms with Gasteiger partial charge in [-0.1, -0.05) is 26.0 Å². The number of benzene rings is 1. The molecule has 0 fully saturated rings. The van der Waals surface area contributed by atoms with E-state index in [1.807, 2.05) is 13.8 Å². The van der Waals surface area contributed by atoms with Crippen LogP contribution in [0.2, 0.25) is 0 Å². The maximum atomic E-state index is 12.0. The van der Waals surface area contributed by atoms with Gasteiger partial charge in [0.25, 0.3) is 0 Å². The Kier molecular flexibility index (Phi) is 6.65. The first kappa shape index (κ1) is 17.5. The smallest absolute Gasteiger partial charge is 0.237 e. The number of aliphatic hydroxyl groups excluding tert-OH is 1. The molecule has 5 heteroatoms. The second-order valence-electron chi connectivity index (χ2n) is 5.56. The SMILES string of the molecule is CCC(CC)(CO)CNC(=O)[C@@H](N)Cc1ccc(O)cc1. The minimum atomic E-state index is -0.639. The molecule has 5 N–H and O–H groups in total. The number of hydrogen-bond acceptors (Lipinski definition) is 4. The van der Waals surface area contributed by atoms with Gasteiger partial charge in [0.2, 0.25) is 5.91 Å². The van der Waals surface area contributed by atoms with Crippen LogP contribution in [-0.4, -0.2) is 35.3 Å². The van der Waals surface area contributed by atoms with Crippen molar-refractivity contribution in [3.05, 3.63) is 29.8 Å². The maximum Gasteiger partial charge on any atom is 0.237 e. The third-order valence-electron chi connectivity index (χ3n) is 4.20. The molecule has 0 radical (unpaired) electrons. The molecule has 1 aromatic carbocycles. The lowest BCUT2D eigenvalue weighted by molar-refractivity contribution is -0.123. The highest BCUT2D eigenvalue weighted by molar-refractivity contribution is 5.81. The summed E-state index contributed by atoms with van der Waals surface area (Å²) in [7, 11) is 0. The molecule has 0 unspecified atom stereocenters. The van der Waals surface area contributed by atoms with Gasteiger partial charge in [-0.05, 0) is 37.0 Å². The second-order valence-corrected chi connectivity index (χ2v) is 5.56. The van der Waals surface area contributed by atoms with Crippen molar-refractivity contribution in [2.24, 2.45) is 11.1 Å². The number of phenols is 1. The molecular weight excluding hydrogens is 268 g/mol. The zero-order chi connectivity index (χ0) is 15.9. The number of aromatic hydroxyl groups is 1. The molecule has 0 aliphatic heterocycles. The first-order valence-electron chi connectivity index (χ1n) is 7.38. The predicted octanol–water partition coefficient (Wildman–Crippen LogP) is 1.18. The maximum absolute atomic E-state index is 12.0. The van der Waals surface area contributed by atoms with Crippen molar-refractivity contribution in [2.75, 3.05) is 13.2 Å². The van der Waals surface area contributed by atoms with E-state index in [1.54, 1.807) is 24.3 Å². The highest BCUT2D eigenvalue weighted by Crippen LogP contribution is 2.24. The van der Waals surface area contributed by atoms with Crippen LogP contribution >= 0.6 is 0 Å². The molecule has 0 saturated heterocycles. The molecule has 0 aliphatic carbocycles. The summed E-state index contributed by atoms with van der Waals surface area (Å²) in [6, 6.07) is 6.01. The minimum Gasteiger partial charge on any atom is -0.508 e. The Bertz CT molecular complexity index is 433. The van der Waals surface area contributed by atoms with Gasteiger partial charge in [0, 0.05) is 12.0 Å². The van der Waals surface area contributed by atoms with Gasteiger partial charge in [-0.2, -0.15) is 0 Å². The molecule has 1 aromatic rings. The van der Waals surface area contributed by atoms with Crippen molar-refractivity contribution in [2.45, 2.75) is 39.2 Å². The third kappa shape index (κ3) is 5.02. The molecule has 0 aliphatic rings. The van der Waals surface area contributed by atoms with Crippen LogP contribution in [-0.2, 0) is 11.2 Å². The average molecular weight is 294 g/mol. The standard InChI is InChI=1S/C16H26N2O3/c1-3-16(4-2,11-19)10-18-15(21)14(17)9-12-5-7-13(20)8-6-12/h5-8,14,19-20H,3-4,9-11,17H2,1-2H3,(H,18,21)/t14-/m0/s1. The quantitative estimate of drug-likeness (QED) is 0.579. The predicted molar refractivity (Wildman–Crippen MR) is 82.9 cm³/mol. The molecular formula is C16H26N2O3. The van der Waals surface area contributed by atoms with Gasteiger partial charge < -0.3 is 21.3 Å². The molecule has 0 saturated carbocycles. The average Bonchev–Trinajstić information content (AvgIpc) is 2.51. The van der Waals surface area contributed by atoms with Crippen molar-refractivity contribution in [1.82, 2.24) is 5.32 Å². The molecule has 5 nitrogen and oxygen atoms in total. The number of carbonyl (C=O) groups excluding carboxylic acids is 1. The fourth-order valence-corrected chi connectivity index (χ4v) is 2.16. The number of nitrogens with two attached hydrogens (primary N) is 1. The van der Waals surface area contributed by atoms with Gasteiger partial charge in [0.05, 0.1) is 12.6 Å². The lowest BCUT2D eigenvalue weighted by Gasteiger charge is -2.30. The molecule has 21 heavy (non-hydrogen) atoms. The second kappa shape index (κ2) is 8.00. The van der Waals surface area contributed by atoms with E-state index in [9.17, 15) is 15.0 Å². The number of amides is 1. The van der Waals surface area contributed by atoms with E-state index < -0.39 is 6.04 Å². The van der Waals surface area contributed by atoms with E-state index in [4.69, 9.17) is 5.73 Å². The van der Waals surface area contributed by atoms with Crippen molar-refractivity contribution in [3.63, 3.8) is 0 Å². The molecule has 1 atom stereocenters. The zero-order valence-corrected chi connectivity index (χ0v) is 12.8. The third-order valence-corrected chi connectivity index (χ3v) is 4.20. The van der Waals surface area contributed by atoms with Crippen LogP contribution in [0.15, 0.2) is 24.3 Å². The molecule has 1 amide bonds. The summed E-state index contributed by atoms with van der Waals surface area (Å²) in [4.78, 5) is 12.0. The first-order valence-corrected chi connectivity index (χ1v) is 7.38. The van der Waals surface area contributed by atoms with E-state index in [0.717, 1.165) is 18.4 Å². The van der Waals surface area contributed by atoms with Crippen LogP contribution in [0.1, 0.15) is 32.3 Å². The van der Waals surface area contributed by atoms with E-state index in [1.165, 1.54) is 0 Å². The summed E-state index contributed by atoms with van der Waals surface area (Å²) in [5.41, 5.74) is 6.53. The summed E-state index contributed by atoms with van der Waals surface area (Å²) in [6.45, 7) is 4.48. The van der Waals surface area contributed by atoms with Crippen molar-refractivity contribution in [1.29, 1.82) is 0 Å². The highest BCUT2D eigenvalue weighted by Gasteiger charge is 2.26. The molecule has 118 valence electrons. The molecule has 0 spiro atoms. The summed E-state index contributed by atoms with van der Waals surface area (Å²) < 4.78 is 0. The van der Waals surface area contributed by atoms with Crippen molar-refractivity contribution in [3.8, 4) is 5.75 Å². The summed E-state index contributed by atoms with van der Waals surface area (Å²) in [6.07, 6.45) is 2.01. The number of phenolic OH excluding ortho intramolecular Hbond substituents is 1. The topological polar surface area (TPSA) is 95.6 Å². The van der Waals surface area contributed by atoms with Crippen LogP contribution in [0.3, 0.4) is 0 Å². The Morgan fingerprint density at radius 3 is 2.33 bits per heavy atom. The van der Waals surface area contributed by atoms with Crippen LogP contribution in [0.4, 0.5) is 0 Å². The largest absolute Gasteiger partial charge is 0.508 e. The van der Waals surface area contributed by atoms with Crippen LogP contribution in [0.25, 0.3) is 0 Å². The van der Waals surface area contributed by atoms with Crippen LogP contribution in [0.5, 0.6) is 5.75 Å². The Labute approximate surface area is 126 Å². The Morgan fingerprint density at radius 2 is 1.86 bits per heavy atom. The number of hydrogen-bond donors (Lipinski definition) is 4. The molecule has 0 bridgehead atoms. The number of aliphatic hydroxyl groups is 1. The van der Waals surface area contributed by atoms with Gasteiger partial charge in [-0.15, -0.1) is 0 Å². The number of rotatable bonds is 8. The van der Waals surface area contributed by atoms with Crippen LogP contribution in [0, 0.1) is 5.41 Å². The van der Waals surface area contributed by atoms with Gasteiger partial charge in [-0.3, -0.25) is 4.79 Å². The van der Waals surface area contributed by atoms with Crippen molar-refractivity contribution >= 4 is 5.91 Å². The number of nitrogens with one attached hydrogen (secondary N) is 1. The van der Waals surface area contributed by atoms with E-state index in [2.05, 4.69) is 5.32 Å². The first-order chi connectivity index (χ1) is 9.96. The van der Waals surface area contributed by atoms with E-state index in [-0.39, 0.29) is 23.7 Å². The Morgan fingerprint density at radius 1 is 1.29 bits per heavy atom. The fourth-order valence-electron chi connectivity index (χ4n) is 2.16. The minimum absolute atomic E-state index is 0.0491. The van der Waals surface area contributed by atoms with Crippen LogP contribution < -0.4 is 11.1 Å². The van der Waals surface area contributed by atoms with E-state index in [0.29, 0.717) is 13.0 Å². The highest BCUT2D eigenvalue weighted by atomic mass is 16.3. The van der Waals surface area contributed by atoms with E-state index >= 15 is 0 Å². The van der Waals surface area contributed by atoms with Gasteiger partial charge in [-0.25, -0.2) is 0 Å². The lowest BCUT2D eigenvalue weighted by Crippen LogP contribution is -2.47. The van der Waals surface area contributed by atoms with Gasteiger partial charge >= 0.3 is 0 Å².